The third-order valence-electron chi connectivity index (χ3n) is 5.56. The summed E-state index contributed by atoms with van der Waals surface area (Å²) in [5.41, 5.74) is 3.69. The van der Waals surface area contributed by atoms with Gasteiger partial charge in [0.15, 0.2) is 11.6 Å². The Hall–Kier alpha value is -3.36. The van der Waals surface area contributed by atoms with E-state index in [-0.39, 0.29) is 18.1 Å². The van der Waals surface area contributed by atoms with Gasteiger partial charge in [0.1, 0.15) is 6.04 Å². The Labute approximate surface area is 187 Å². The zero-order valence-corrected chi connectivity index (χ0v) is 17.9. The van der Waals surface area contributed by atoms with Crippen molar-refractivity contribution in [1.82, 2.24) is 15.2 Å². The van der Waals surface area contributed by atoms with Crippen LogP contribution in [0.15, 0.2) is 60.7 Å². The molecule has 2 amide bonds. The van der Waals surface area contributed by atoms with E-state index in [4.69, 9.17) is 5.84 Å². The number of hydrogen-bond acceptors (Lipinski definition) is 6. The van der Waals surface area contributed by atoms with Gasteiger partial charge in [0.25, 0.3) is 0 Å². The summed E-state index contributed by atoms with van der Waals surface area (Å²) < 4.78 is 0. The summed E-state index contributed by atoms with van der Waals surface area (Å²) >= 11 is 0. The molecule has 0 spiro atoms. The SMILES string of the molecule is NNC(=O)CC(=O)C(C(=O)Cc1ccccc1)N1CCN(C(=O)Cc2ccccc2)CC1. The molecule has 0 aliphatic carbocycles. The molecular formula is C24H28N4O4. The molecule has 1 aliphatic heterocycles. The van der Waals surface area contributed by atoms with Crippen LogP contribution in [-0.2, 0) is 32.0 Å². The molecule has 1 saturated heterocycles. The molecule has 168 valence electrons. The lowest BCUT2D eigenvalue weighted by molar-refractivity contribution is -0.138. The summed E-state index contributed by atoms with van der Waals surface area (Å²) in [7, 11) is 0. The van der Waals surface area contributed by atoms with Crippen molar-refractivity contribution in [3.63, 3.8) is 0 Å². The topological polar surface area (TPSA) is 113 Å². The predicted molar refractivity (Wildman–Crippen MR) is 119 cm³/mol. The van der Waals surface area contributed by atoms with Gasteiger partial charge in [0.2, 0.25) is 11.8 Å². The second kappa shape index (κ2) is 11.3. The number of ketones is 2. The zero-order valence-electron chi connectivity index (χ0n) is 17.9. The summed E-state index contributed by atoms with van der Waals surface area (Å²) in [6, 6.07) is 17.6. The first-order valence-corrected chi connectivity index (χ1v) is 10.6. The van der Waals surface area contributed by atoms with Gasteiger partial charge in [0.05, 0.1) is 12.8 Å². The number of hydrogen-bond donors (Lipinski definition) is 2. The normalized spacial score (nSPS) is 15.1. The van der Waals surface area contributed by atoms with Crippen LogP contribution in [0, 0.1) is 0 Å². The maximum Gasteiger partial charge on any atom is 0.241 e. The van der Waals surface area contributed by atoms with E-state index in [2.05, 4.69) is 0 Å². The average molecular weight is 437 g/mol. The van der Waals surface area contributed by atoms with Crippen LogP contribution in [-0.4, -0.2) is 65.4 Å². The van der Waals surface area contributed by atoms with Gasteiger partial charge in [-0.2, -0.15) is 0 Å². The van der Waals surface area contributed by atoms with E-state index in [9.17, 15) is 19.2 Å². The molecule has 0 radical (unpaired) electrons. The molecule has 1 atom stereocenters. The van der Waals surface area contributed by atoms with Crippen molar-refractivity contribution < 1.29 is 19.2 Å². The highest BCUT2D eigenvalue weighted by Gasteiger charge is 2.35. The molecule has 1 aliphatic rings. The Morgan fingerprint density at radius 3 is 1.84 bits per heavy atom. The minimum atomic E-state index is -1.04. The third-order valence-corrected chi connectivity index (χ3v) is 5.56. The van der Waals surface area contributed by atoms with E-state index in [0.29, 0.717) is 32.6 Å². The van der Waals surface area contributed by atoms with Gasteiger partial charge in [-0.25, -0.2) is 5.84 Å². The molecule has 32 heavy (non-hydrogen) atoms. The standard InChI is InChI=1S/C24H28N4O4/c25-26-22(31)17-21(30)24(20(29)15-18-7-3-1-4-8-18)28-13-11-27(12-14-28)23(32)16-19-9-5-2-6-10-19/h1-10,24H,11-17,25H2,(H,26,31). The van der Waals surface area contributed by atoms with Crippen LogP contribution in [0.4, 0.5) is 0 Å². The van der Waals surface area contributed by atoms with Gasteiger partial charge < -0.3 is 4.90 Å². The highest BCUT2D eigenvalue weighted by Crippen LogP contribution is 2.14. The minimum Gasteiger partial charge on any atom is -0.340 e. The number of hydrazine groups is 1. The summed E-state index contributed by atoms with van der Waals surface area (Å²) in [6.07, 6.45) is -0.0592. The minimum absolute atomic E-state index is 0.0110. The molecule has 1 heterocycles. The first-order valence-electron chi connectivity index (χ1n) is 10.6. The zero-order chi connectivity index (χ0) is 22.9. The number of carbonyl (C=O) groups excluding carboxylic acids is 4. The van der Waals surface area contributed by atoms with E-state index < -0.39 is 24.2 Å². The van der Waals surface area contributed by atoms with Crippen molar-refractivity contribution >= 4 is 23.4 Å². The van der Waals surface area contributed by atoms with Crippen molar-refractivity contribution in [3.8, 4) is 0 Å². The second-order valence-electron chi connectivity index (χ2n) is 7.82. The molecule has 8 nitrogen and oxygen atoms in total. The number of carbonyl (C=O) groups is 4. The lowest BCUT2D eigenvalue weighted by Gasteiger charge is -2.38. The summed E-state index contributed by atoms with van der Waals surface area (Å²) in [6.45, 7) is 1.58. The third kappa shape index (κ3) is 6.32. The highest BCUT2D eigenvalue weighted by molar-refractivity contribution is 6.12. The number of benzene rings is 2. The van der Waals surface area contributed by atoms with Gasteiger partial charge in [0, 0.05) is 32.6 Å². The Morgan fingerprint density at radius 2 is 1.31 bits per heavy atom. The largest absolute Gasteiger partial charge is 0.340 e. The molecular weight excluding hydrogens is 408 g/mol. The molecule has 3 rings (SSSR count). The predicted octanol–water partition coefficient (Wildman–Crippen LogP) is 0.503. The Bertz CT molecular complexity index is 941. The fraction of sp³-hybridized carbons (Fsp3) is 0.333. The van der Waals surface area contributed by atoms with Crippen molar-refractivity contribution in [3.05, 3.63) is 71.8 Å². The van der Waals surface area contributed by atoms with Crippen LogP contribution in [0.5, 0.6) is 0 Å². The summed E-state index contributed by atoms with van der Waals surface area (Å²) in [5, 5.41) is 0. The molecule has 0 aromatic heterocycles. The van der Waals surface area contributed by atoms with E-state index in [1.165, 1.54) is 0 Å². The fourth-order valence-corrected chi connectivity index (χ4v) is 3.90. The van der Waals surface area contributed by atoms with Gasteiger partial charge in [-0.3, -0.25) is 29.5 Å². The van der Waals surface area contributed by atoms with E-state index in [0.717, 1.165) is 11.1 Å². The Kier molecular flexibility index (Phi) is 8.24. The number of rotatable bonds is 9. The maximum absolute atomic E-state index is 13.1. The molecule has 0 bridgehead atoms. The summed E-state index contributed by atoms with van der Waals surface area (Å²) in [4.78, 5) is 53.7. The first-order chi connectivity index (χ1) is 15.5. The molecule has 0 saturated carbocycles. The van der Waals surface area contributed by atoms with Gasteiger partial charge in [-0.05, 0) is 11.1 Å². The first kappa shape index (κ1) is 23.3. The number of nitrogens with one attached hydrogen (secondary N) is 1. The smallest absolute Gasteiger partial charge is 0.241 e. The van der Waals surface area contributed by atoms with Crippen molar-refractivity contribution in [1.29, 1.82) is 0 Å². The molecule has 1 fully saturated rings. The van der Waals surface area contributed by atoms with Crippen LogP contribution >= 0.6 is 0 Å². The molecule has 8 heteroatoms. The quantitative estimate of drug-likeness (QED) is 0.256. The van der Waals surface area contributed by atoms with Crippen LogP contribution in [0.2, 0.25) is 0 Å². The van der Waals surface area contributed by atoms with Gasteiger partial charge in [-0.1, -0.05) is 60.7 Å². The number of piperazine rings is 1. The molecule has 2 aromatic rings. The molecule has 3 N–H and O–H groups in total. The Morgan fingerprint density at radius 1 is 0.781 bits per heavy atom. The summed E-state index contributed by atoms with van der Waals surface area (Å²) in [5.74, 6) is 3.74. The van der Waals surface area contributed by atoms with Gasteiger partial charge >= 0.3 is 0 Å². The number of Topliss-reactive ketones (excluding diaryl/α,β-unsaturated/α-hetero) is 2. The van der Waals surface area contributed by atoms with Crippen LogP contribution in [0.1, 0.15) is 17.5 Å². The number of nitrogens with zero attached hydrogens (tertiary/aromatic N) is 2. The fourth-order valence-electron chi connectivity index (χ4n) is 3.90. The number of amides is 2. The van der Waals surface area contributed by atoms with Crippen molar-refractivity contribution in [2.75, 3.05) is 26.2 Å². The maximum atomic E-state index is 13.1. The Balaban J connectivity index is 1.65. The molecule has 1 unspecified atom stereocenters. The highest BCUT2D eigenvalue weighted by atomic mass is 16.2. The van der Waals surface area contributed by atoms with Gasteiger partial charge in [-0.15, -0.1) is 0 Å². The molecule has 2 aromatic carbocycles. The lowest BCUT2D eigenvalue weighted by Crippen LogP contribution is -2.57. The van der Waals surface area contributed by atoms with Crippen LogP contribution < -0.4 is 11.3 Å². The second-order valence-corrected chi connectivity index (χ2v) is 7.82. The lowest BCUT2D eigenvalue weighted by atomic mass is 9.96. The monoisotopic (exact) mass is 436 g/mol. The van der Waals surface area contributed by atoms with Crippen molar-refractivity contribution in [2.24, 2.45) is 5.84 Å². The van der Waals surface area contributed by atoms with Crippen molar-refractivity contribution in [2.45, 2.75) is 25.3 Å². The van der Waals surface area contributed by atoms with Crippen LogP contribution in [0.25, 0.3) is 0 Å². The van der Waals surface area contributed by atoms with Crippen LogP contribution in [0.3, 0.4) is 0 Å². The van der Waals surface area contributed by atoms with E-state index in [1.807, 2.05) is 66.1 Å². The average Bonchev–Trinajstić information content (AvgIpc) is 2.81. The number of nitrogens with two attached hydrogens (primary N) is 1. The van der Waals surface area contributed by atoms with E-state index >= 15 is 0 Å². The van der Waals surface area contributed by atoms with E-state index in [1.54, 1.807) is 9.80 Å².